The Morgan fingerprint density at radius 2 is 2.20 bits per heavy atom. The fraction of sp³-hybridized carbons (Fsp3) is 0.438. The largest absolute Gasteiger partial charge is 0.310 e. The van der Waals surface area contributed by atoms with Crippen molar-refractivity contribution in [3.8, 4) is 0 Å². The topological polar surface area (TPSA) is 29.9 Å². The number of hydrogen-bond donors (Lipinski definition) is 1. The number of benzene rings is 1. The molecule has 2 rings (SSSR count). The van der Waals surface area contributed by atoms with E-state index < -0.39 is 0 Å². The summed E-state index contributed by atoms with van der Waals surface area (Å²) in [7, 11) is 1.89. The molecule has 1 unspecified atom stereocenters. The molecule has 1 aromatic carbocycles. The monoisotopic (exact) mass is 275 g/mol. The molecule has 1 atom stereocenters. The van der Waals surface area contributed by atoms with E-state index in [4.69, 9.17) is 0 Å². The smallest absolute Gasteiger partial charge is 0.128 e. The Labute approximate surface area is 119 Å². The molecule has 1 aromatic heterocycles. The molecule has 0 saturated heterocycles. The predicted octanol–water partition coefficient (Wildman–Crippen LogP) is 3.15. The van der Waals surface area contributed by atoms with Crippen LogP contribution >= 0.6 is 0 Å². The molecule has 0 aliphatic rings. The van der Waals surface area contributed by atoms with Crippen LogP contribution in [0.15, 0.2) is 30.6 Å². The standard InChI is InChI=1S/C16H22FN3/c1-4-7-18-16(9-13-10-19-20(3)11-13)14-8-12(2)5-6-15(14)17/h5-6,8,10-11,16,18H,4,7,9H2,1-3H3. The van der Waals surface area contributed by atoms with Crippen LogP contribution in [0.4, 0.5) is 4.39 Å². The highest BCUT2D eigenvalue weighted by Gasteiger charge is 2.16. The van der Waals surface area contributed by atoms with E-state index in [0.29, 0.717) is 0 Å². The van der Waals surface area contributed by atoms with Crippen molar-refractivity contribution < 1.29 is 4.39 Å². The van der Waals surface area contributed by atoms with Crippen molar-refractivity contribution in [2.24, 2.45) is 7.05 Å². The molecule has 108 valence electrons. The van der Waals surface area contributed by atoms with Crippen molar-refractivity contribution in [3.63, 3.8) is 0 Å². The average molecular weight is 275 g/mol. The minimum Gasteiger partial charge on any atom is -0.310 e. The third-order valence-electron chi connectivity index (χ3n) is 3.37. The molecular formula is C16H22FN3. The molecule has 20 heavy (non-hydrogen) atoms. The molecule has 0 bridgehead atoms. The van der Waals surface area contributed by atoms with Gasteiger partial charge in [0.1, 0.15) is 5.82 Å². The zero-order valence-electron chi connectivity index (χ0n) is 12.4. The molecule has 0 amide bonds. The lowest BCUT2D eigenvalue weighted by atomic mass is 9.98. The summed E-state index contributed by atoms with van der Waals surface area (Å²) in [6, 6.07) is 5.27. The maximum absolute atomic E-state index is 14.1. The average Bonchev–Trinajstić information content (AvgIpc) is 2.83. The van der Waals surface area contributed by atoms with E-state index in [2.05, 4.69) is 17.3 Å². The van der Waals surface area contributed by atoms with Crippen LogP contribution in [0.3, 0.4) is 0 Å². The maximum atomic E-state index is 14.1. The summed E-state index contributed by atoms with van der Waals surface area (Å²) in [6.07, 6.45) is 5.59. The third kappa shape index (κ3) is 3.67. The Morgan fingerprint density at radius 3 is 2.85 bits per heavy atom. The maximum Gasteiger partial charge on any atom is 0.128 e. The minimum absolute atomic E-state index is 0.0148. The van der Waals surface area contributed by atoms with Gasteiger partial charge in [0.05, 0.1) is 6.20 Å². The molecule has 0 aliphatic heterocycles. The predicted molar refractivity (Wildman–Crippen MR) is 79.1 cm³/mol. The van der Waals surface area contributed by atoms with Crippen LogP contribution in [-0.4, -0.2) is 16.3 Å². The first-order chi connectivity index (χ1) is 9.60. The summed E-state index contributed by atoms with van der Waals surface area (Å²) in [5.74, 6) is -0.145. The zero-order valence-corrected chi connectivity index (χ0v) is 12.4. The SMILES string of the molecule is CCCNC(Cc1cnn(C)c1)c1cc(C)ccc1F. The van der Waals surface area contributed by atoms with Gasteiger partial charge in [-0.05, 0) is 37.9 Å². The molecular weight excluding hydrogens is 253 g/mol. The first-order valence-corrected chi connectivity index (χ1v) is 7.07. The number of halogens is 1. The van der Waals surface area contributed by atoms with Gasteiger partial charge in [0, 0.05) is 24.8 Å². The van der Waals surface area contributed by atoms with Crippen LogP contribution in [0.25, 0.3) is 0 Å². The lowest BCUT2D eigenvalue weighted by molar-refractivity contribution is 0.496. The molecule has 0 aliphatic carbocycles. The van der Waals surface area contributed by atoms with Gasteiger partial charge in [0.2, 0.25) is 0 Å². The van der Waals surface area contributed by atoms with Gasteiger partial charge in [-0.3, -0.25) is 4.68 Å². The van der Waals surface area contributed by atoms with Crippen molar-refractivity contribution in [1.29, 1.82) is 0 Å². The summed E-state index contributed by atoms with van der Waals surface area (Å²) in [4.78, 5) is 0. The number of nitrogens with one attached hydrogen (secondary N) is 1. The van der Waals surface area contributed by atoms with Crippen LogP contribution in [-0.2, 0) is 13.5 Å². The second-order valence-corrected chi connectivity index (χ2v) is 5.26. The van der Waals surface area contributed by atoms with Crippen molar-refractivity contribution in [3.05, 3.63) is 53.1 Å². The molecule has 4 heteroatoms. The van der Waals surface area contributed by atoms with Gasteiger partial charge in [0.15, 0.2) is 0 Å². The molecule has 3 nitrogen and oxygen atoms in total. The van der Waals surface area contributed by atoms with Crippen molar-refractivity contribution >= 4 is 0 Å². The minimum atomic E-state index is -0.145. The van der Waals surface area contributed by atoms with E-state index in [1.807, 2.05) is 32.4 Å². The van der Waals surface area contributed by atoms with E-state index in [1.165, 1.54) is 0 Å². The lowest BCUT2D eigenvalue weighted by Gasteiger charge is -2.19. The van der Waals surface area contributed by atoms with Gasteiger partial charge in [0.25, 0.3) is 0 Å². The summed E-state index contributed by atoms with van der Waals surface area (Å²) < 4.78 is 15.9. The summed E-state index contributed by atoms with van der Waals surface area (Å²) in [5.41, 5.74) is 2.93. The van der Waals surface area contributed by atoms with E-state index in [1.54, 1.807) is 16.8 Å². The molecule has 2 aromatic rings. The Morgan fingerprint density at radius 1 is 1.40 bits per heavy atom. The first-order valence-electron chi connectivity index (χ1n) is 7.07. The van der Waals surface area contributed by atoms with E-state index in [-0.39, 0.29) is 11.9 Å². The van der Waals surface area contributed by atoms with Crippen molar-refractivity contribution in [2.75, 3.05) is 6.54 Å². The van der Waals surface area contributed by atoms with E-state index in [9.17, 15) is 4.39 Å². The molecule has 1 heterocycles. The number of aromatic nitrogens is 2. The second-order valence-electron chi connectivity index (χ2n) is 5.26. The van der Waals surface area contributed by atoms with E-state index in [0.717, 1.165) is 36.1 Å². The molecule has 0 spiro atoms. The highest BCUT2D eigenvalue weighted by atomic mass is 19.1. The Kier molecular flexibility index (Phi) is 4.90. The highest BCUT2D eigenvalue weighted by Crippen LogP contribution is 2.22. The van der Waals surface area contributed by atoms with Crippen LogP contribution in [0, 0.1) is 12.7 Å². The fourth-order valence-electron chi connectivity index (χ4n) is 2.35. The molecule has 0 fully saturated rings. The number of rotatable bonds is 6. The van der Waals surface area contributed by atoms with E-state index >= 15 is 0 Å². The Bertz CT molecular complexity index is 563. The molecule has 1 N–H and O–H groups in total. The number of nitrogens with zero attached hydrogens (tertiary/aromatic N) is 2. The van der Waals surface area contributed by atoms with Gasteiger partial charge < -0.3 is 5.32 Å². The van der Waals surface area contributed by atoms with Gasteiger partial charge >= 0.3 is 0 Å². The van der Waals surface area contributed by atoms with Crippen molar-refractivity contribution in [1.82, 2.24) is 15.1 Å². The van der Waals surface area contributed by atoms with Crippen LogP contribution in [0.5, 0.6) is 0 Å². The summed E-state index contributed by atoms with van der Waals surface area (Å²) in [5, 5.41) is 7.61. The highest BCUT2D eigenvalue weighted by molar-refractivity contribution is 5.28. The number of aryl methyl sites for hydroxylation is 2. The summed E-state index contributed by atoms with van der Waals surface area (Å²) in [6.45, 7) is 4.98. The first kappa shape index (κ1) is 14.7. The second kappa shape index (κ2) is 6.66. The normalized spacial score (nSPS) is 12.6. The summed E-state index contributed by atoms with van der Waals surface area (Å²) >= 11 is 0. The van der Waals surface area contributed by atoms with Gasteiger partial charge in [-0.15, -0.1) is 0 Å². The van der Waals surface area contributed by atoms with Gasteiger partial charge in [-0.2, -0.15) is 5.10 Å². The zero-order chi connectivity index (χ0) is 14.5. The van der Waals surface area contributed by atoms with Gasteiger partial charge in [-0.25, -0.2) is 4.39 Å². The van der Waals surface area contributed by atoms with Crippen LogP contribution in [0.1, 0.15) is 36.1 Å². The lowest BCUT2D eigenvalue weighted by Crippen LogP contribution is -2.25. The Balaban J connectivity index is 2.24. The Hall–Kier alpha value is -1.68. The van der Waals surface area contributed by atoms with Crippen LogP contribution in [0.2, 0.25) is 0 Å². The third-order valence-corrected chi connectivity index (χ3v) is 3.37. The quantitative estimate of drug-likeness (QED) is 0.877. The van der Waals surface area contributed by atoms with Crippen molar-refractivity contribution in [2.45, 2.75) is 32.7 Å². The molecule has 0 radical (unpaired) electrons. The van der Waals surface area contributed by atoms with Gasteiger partial charge in [-0.1, -0.05) is 24.6 Å². The van der Waals surface area contributed by atoms with Crippen LogP contribution < -0.4 is 5.32 Å². The molecule has 0 saturated carbocycles. The fourth-order valence-corrected chi connectivity index (χ4v) is 2.35. The number of hydrogen-bond acceptors (Lipinski definition) is 2.